The summed E-state index contributed by atoms with van der Waals surface area (Å²) >= 11 is 0. The molecule has 1 rings (SSSR count). The van der Waals surface area contributed by atoms with E-state index in [1.165, 1.54) is 13.2 Å². The average Bonchev–Trinajstić information content (AvgIpc) is 2.36. The third-order valence-electron chi connectivity index (χ3n) is 2.35. The van der Waals surface area contributed by atoms with Crippen molar-refractivity contribution in [1.29, 1.82) is 0 Å². The molecule has 0 saturated carbocycles. The first-order valence-corrected chi connectivity index (χ1v) is 4.88. The van der Waals surface area contributed by atoms with Crippen molar-refractivity contribution < 1.29 is 24.0 Å². The van der Waals surface area contributed by atoms with Crippen molar-refractivity contribution in [2.45, 2.75) is 6.92 Å². The second-order valence-corrected chi connectivity index (χ2v) is 3.42. The number of nitro groups is 1. The van der Waals surface area contributed by atoms with Crippen molar-refractivity contribution in [2.24, 2.45) is 0 Å². The highest BCUT2D eigenvalue weighted by molar-refractivity contribution is 5.98. The van der Waals surface area contributed by atoms with E-state index in [1.54, 1.807) is 6.92 Å². The molecule has 0 aliphatic heterocycles. The monoisotopic (exact) mass is 253 g/mol. The van der Waals surface area contributed by atoms with Crippen LogP contribution in [0.25, 0.3) is 0 Å². The normalized spacial score (nSPS) is 9.72. The highest BCUT2D eigenvalue weighted by Crippen LogP contribution is 2.24. The summed E-state index contributed by atoms with van der Waals surface area (Å²) in [6.07, 6.45) is 0. The molecule has 0 heterocycles. The lowest BCUT2D eigenvalue weighted by atomic mass is 10.0. The van der Waals surface area contributed by atoms with Crippen molar-refractivity contribution >= 4 is 17.6 Å². The van der Waals surface area contributed by atoms with Gasteiger partial charge in [-0.1, -0.05) is 0 Å². The number of nitrogens with zero attached hydrogens (tertiary/aromatic N) is 1. The summed E-state index contributed by atoms with van der Waals surface area (Å²) in [6.45, 7) is 1.54. The van der Waals surface area contributed by atoms with Gasteiger partial charge in [0.2, 0.25) is 0 Å². The molecule has 0 radical (unpaired) electrons. The Morgan fingerprint density at radius 1 is 1.11 bits per heavy atom. The number of rotatable bonds is 3. The van der Waals surface area contributed by atoms with Gasteiger partial charge in [0.25, 0.3) is 5.69 Å². The molecular weight excluding hydrogens is 242 g/mol. The van der Waals surface area contributed by atoms with Crippen LogP contribution < -0.4 is 0 Å². The van der Waals surface area contributed by atoms with E-state index in [0.717, 1.165) is 13.2 Å². The number of methoxy groups -OCH3 is 2. The van der Waals surface area contributed by atoms with Gasteiger partial charge in [0.1, 0.15) is 5.56 Å². The van der Waals surface area contributed by atoms with E-state index in [2.05, 4.69) is 9.47 Å². The summed E-state index contributed by atoms with van der Waals surface area (Å²) in [7, 11) is 2.29. The Balaban J connectivity index is 3.48. The Labute approximate surface area is 102 Å². The van der Waals surface area contributed by atoms with E-state index >= 15 is 0 Å². The summed E-state index contributed by atoms with van der Waals surface area (Å²) in [5.74, 6) is -1.53. The molecular formula is C11H11NO6. The number of nitro benzene ring substituents is 1. The van der Waals surface area contributed by atoms with E-state index < -0.39 is 22.5 Å². The summed E-state index contributed by atoms with van der Waals surface area (Å²) in [4.78, 5) is 32.9. The van der Waals surface area contributed by atoms with Gasteiger partial charge in [0.15, 0.2) is 0 Å². The number of hydrogen-bond donors (Lipinski definition) is 0. The number of carbonyl (C=O) groups excluding carboxylic acids is 2. The smallest absolute Gasteiger partial charge is 0.344 e. The maximum atomic E-state index is 11.4. The van der Waals surface area contributed by atoms with Crippen molar-refractivity contribution in [3.8, 4) is 0 Å². The van der Waals surface area contributed by atoms with Gasteiger partial charge in [-0.05, 0) is 18.6 Å². The molecule has 0 fully saturated rings. The highest BCUT2D eigenvalue weighted by atomic mass is 16.6. The van der Waals surface area contributed by atoms with Crippen LogP contribution in [0.15, 0.2) is 12.1 Å². The molecule has 0 bridgehead atoms. The molecule has 0 aromatic heterocycles. The van der Waals surface area contributed by atoms with E-state index in [0.29, 0.717) is 5.56 Å². The van der Waals surface area contributed by atoms with E-state index in [9.17, 15) is 19.7 Å². The third-order valence-corrected chi connectivity index (χ3v) is 2.35. The molecule has 18 heavy (non-hydrogen) atoms. The minimum atomic E-state index is -0.832. The minimum Gasteiger partial charge on any atom is -0.465 e. The predicted molar refractivity (Wildman–Crippen MR) is 60.5 cm³/mol. The van der Waals surface area contributed by atoms with Gasteiger partial charge in [-0.2, -0.15) is 0 Å². The lowest BCUT2D eigenvalue weighted by Gasteiger charge is -2.07. The lowest BCUT2D eigenvalue weighted by molar-refractivity contribution is -0.385. The first kappa shape index (κ1) is 13.6. The molecule has 96 valence electrons. The van der Waals surface area contributed by atoms with Crippen LogP contribution in [-0.4, -0.2) is 31.1 Å². The molecule has 0 amide bonds. The summed E-state index contributed by atoms with van der Waals surface area (Å²) in [5, 5.41) is 10.9. The molecule has 0 aliphatic rings. The van der Waals surface area contributed by atoms with Gasteiger partial charge in [-0.15, -0.1) is 0 Å². The Morgan fingerprint density at radius 3 is 2.06 bits per heavy atom. The fraction of sp³-hybridized carbons (Fsp3) is 0.273. The summed E-state index contributed by atoms with van der Waals surface area (Å²) < 4.78 is 8.95. The Kier molecular flexibility index (Phi) is 3.98. The molecule has 0 atom stereocenters. The molecule has 0 N–H and O–H groups in total. The first-order chi connectivity index (χ1) is 8.42. The molecule has 1 aromatic carbocycles. The maximum absolute atomic E-state index is 11.4. The molecule has 0 spiro atoms. The summed E-state index contributed by atoms with van der Waals surface area (Å²) in [6, 6.07) is 2.24. The highest BCUT2D eigenvalue weighted by Gasteiger charge is 2.25. The number of benzene rings is 1. The zero-order valence-electron chi connectivity index (χ0n) is 10.1. The van der Waals surface area contributed by atoms with Crippen LogP contribution in [0.4, 0.5) is 5.69 Å². The molecule has 7 nitrogen and oxygen atoms in total. The fourth-order valence-corrected chi connectivity index (χ4v) is 1.45. The van der Waals surface area contributed by atoms with Gasteiger partial charge in [0.05, 0.1) is 24.7 Å². The number of hydrogen-bond acceptors (Lipinski definition) is 6. The topological polar surface area (TPSA) is 95.7 Å². The van der Waals surface area contributed by atoms with Crippen LogP contribution in [0.1, 0.15) is 26.3 Å². The van der Waals surface area contributed by atoms with Crippen LogP contribution in [0.2, 0.25) is 0 Å². The Bertz CT molecular complexity index is 523. The van der Waals surface area contributed by atoms with E-state index in [-0.39, 0.29) is 11.1 Å². The molecule has 0 aliphatic carbocycles. The van der Waals surface area contributed by atoms with E-state index in [1.807, 2.05) is 0 Å². The lowest BCUT2D eigenvalue weighted by Crippen LogP contribution is -2.10. The largest absolute Gasteiger partial charge is 0.465 e. The quantitative estimate of drug-likeness (QED) is 0.460. The van der Waals surface area contributed by atoms with Crippen LogP contribution in [0.3, 0.4) is 0 Å². The zero-order valence-corrected chi connectivity index (χ0v) is 10.1. The number of esters is 2. The molecule has 7 heteroatoms. The zero-order chi connectivity index (χ0) is 13.9. The Morgan fingerprint density at radius 2 is 1.61 bits per heavy atom. The van der Waals surface area contributed by atoms with Crippen molar-refractivity contribution in [3.05, 3.63) is 38.9 Å². The number of carbonyl (C=O) groups is 2. The van der Waals surface area contributed by atoms with Crippen LogP contribution in [-0.2, 0) is 9.47 Å². The maximum Gasteiger partial charge on any atom is 0.344 e. The predicted octanol–water partition coefficient (Wildman–Crippen LogP) is 1.48. The minimum absolute atomic E-state index is 0.0388. The molecule has 1 aromatic rings. The van der Waals surface area contributed by atoms with E-state index in [4.69, 9.17) is 0 Å². The van der Waals surface area contributed by atoms with Gasteiger partial charge in [0, 0.05) is 6.07 Å². The van der Waals surface area contributed by atoms with Gasteiger partial charge in [-0.3, -0.25) is 10.1 Å². The first-order valence-electron chi connectivity index (χ1n) is 4.88. The van der Waals surface area contributed by atoms with Crippen molar-refractivity contribution in [2.75, 3.05) is 14.2 Å². The second kappa shape index (κ2) is 5.26. The second-order valence-electron chi connectivity index (χ2n) is 3.42. The van der Waals surface area contributed by atoms with Crippen molar-refractivity contribution in [1.82, 2.24) is 0 Å². The van der Waals surface area contributed by atoms with Gasteiger partial charge in [-0.25, -0.2) is 9.59 Å². The fourth-order valence-electron chi connectivity index (χ4n) is 1.45. The number of ether oxygens (including phenoxy) is 2. The van der Waals surface area contributed by atoms with Gasteiger partial charge < -0.3 is 9.47 Å². The standard InChI is InChI=1S/C11H11NO6/c1-6-4-8(11(14)18-3)9(12(15)16)5-7(6)10(13)17-2/h4-5H,1-3H3. The third kappa shape index (κ3) is 2.45. The van der Waals surface area contributed by atoms with Crippen molar-refractivity contribution in [3.63, 3.8) is 0 Å². The Hall–Kier alpha value is -2.44. The van der Waals surface area contributed by atoms with Crippen LogP contribution in [0, 0.1) is 17.0 Å². The van der Waals surface area contributed by atoms with Gasteiger partial charge >= 0.3 is 11.9 Å². The van der Waals surface area contributed by atoms with Crippen LogP contribution >= 0.6 is 0 Å². The molecule has 0 unspecified atom stereocenters. The average molecular weight is 253 g/mol. The SMILES string of the molecule is COC(=O)c1cc([N+](=O)[O-])c(C(=O)OC)cc1C. The number of aryl methyl sites for hydroxylation is 1. The molecule has 0 saturated heterocycles. The van der Waals surface area contributed by atoms with Crippen LogP contribution in [0.5, 0.6) is 0 Å². The summed E-state index contributed by atoms with van der Waals surface area (Å²) in [5.41, 5.74) is -0.259.